The summed E-state index contributed by atoms with van der Waals surface area (Å²) in [5, 5.41) is 0.0186. The molecular weight excluding hydrogens is 230 g/mol. The fourth-order valence-electron chi connectivity index (χ4n) is 1.23. The van der Waals surface area contributed by atoms with Crippen LogP contribution in [0.3, 0.4) is 0 Å². The van der Waals surface area contributed by atoms with Gasteiger partial charge in [-0.3, -0.25) is 0 Å². The van der Waals surface area contributed by atoms with Crippen molar-refractivity contribution in [3.05, 3.63) is 30.3 Å². The summed E-state index contributed by atoms with van der Waals surface area (Å²) in [5.74, 6) is 0. The molecule has 1 aromatic carbocycles. The van der Waals surface area contributed by atoms with Gasteiger partial charge >= 0.3 is 0 Å². The van der Waals surface area contributed by atoms with Crippen LogP contribution in [0.25, 0.3) is 0 Å². The number of hydrogen-bond acceptors (Lipinski definition) is 3. The summed E-state index contributed by atoms with van der Waals surface area (Å²) in [6.07, 6.45) is 0. The third-order valence-electron chi connectivity index (χ3n) is 1.99. The van der Waals surface area contributed by atoms with Crippen LogP contribution in [0.5, 0.6) is 0 Å². The van der Waals surface area contributed by atoms with Crippen molar-refractivity contribution < 1.29 is 9.47 Å². The van der Waals surface area contributed by atoms with E-state index in [2.05, 4.69) is 6.92 Å². The lowest BCUT2D eigenvalue weighted by Gasteiger charge is -2.23. The summed E-state index contributed by atoms with van der Waals surface area (Å²) < 4.78 is 10.7. The molecule has 0 saturated heterocycles. The fourth-order valence-corrected chi connectivity index (χ4v) is 1.73. The number of ether oxygens (including phenoxy) is 2. The van der Waals surface area contributed by atoms with E-state index in [0.29, 0.717) is 0 Å². The van der Waals surface area contributed by atoms with Crippen LogP contribution >= 0.6 is 0 Å². The predicted molar refractivity (Wildman–Crippen MR) is 77.3 cm³/mol. The van der Waals surface area contributed by atoms with E-state index in [4.69, 9.17) is 15.2 Å². The molecule has 0 heterocycles. The van der Waals surface area contributed by atoms with Crippen molar-refractivity contribution in [2.75, 3.05) is 25.6 Å². The normalized spacial score (nSPS) is 13.6. The largest absolute Gasteiger partial charge is 0.399 e. The van der Waals surface area contributed by atoms with Gasteiger partial charge in [-0.1, -0.05) is 18.2 Å². The highest BCUT2D eigenvalue weighted by Gasteiger charge is 2.16. The molecule has 0 aromatic heterocycles. The summed E-state index contributed by atoms with van der Waals surface area (Å²) in [5.41, 5.74) is 6.18. The first kappa shape index (κ1) is 16.2. The molecule has 3 nitrogen and oxygen atoms in total. The number of para-hydroxylation sites is 1. The third kappa shape index (κ3) is 10.1. The summed E-state index contributed by atoms with van der Waals surface area (Å²) in [6, 6.07) is 9.49. The van der Waals surface area contributed by atoms with Crippen LogP contribution in [0.4, 0.5) is 5.69 Å². The third-order valence-corrected chi connectivity index (χ3v) is 2.57. The monoisotopic (exact) mass is 255 g/mol. The van der Waals surface area contributed by atoms with Crippen LogP contribution in [0.1, 0.15) is 20.8 Å². The molecule has 0 aliphatic carbocycles. The Kier molecular flexibility index (Phi) is 8.76. The molecule has 17 heavy (non-hydrogen) atoms. The lowest BCUT2D eigenvalue weighted by atomic mass is 10.3. The van der Waals surface area contributed by atoms with Crippen LogP contribution < -0.4 is 5.73 Å². The topological polar surface area (TPSA) is 44.5 Å². The van der Waals surface area contributed by atoms with Gasteiger partial charge in [0.1, 0.15) is 0 Å². The molecule has 1 aromatic rings. The van der Waals surface area contributed by atoms with Crippen molar-refractivity contribution in [2.45, 2.75) is 26.0 Å². The SMILES string of the molecule is CCOCC(C)([SiH3])OCC.Nc1ccccc1. The average molecular weight is 255 g/mol. The Morgan fingerprint density at radius 1 is 1.18 bits per heavy atom. The van der Waals surface area contributed by atoms with Gasteiger partial charge in [-0.15, -0.1) is 0 Å². The van der Waals surface area contributed by atoms with E-state index in [9.17, 15) is 0 Å². The van der Waals surface area contributed by atoms with E-state index in [1.165, 1.54) is 0 Å². The van der Waals surface area contributed by atoms with Gasteiger partial charge in [-0.2, -0.15) is 0 Å². The van der Waals surface area contributed by atoms with Gasteiger partial charge < -0.3 is 15.2 Å². The van der Waals surface area contributed by atoms with Crippen LogP contribution in [0.2, 0.25) is 0 Å². The average Bonchev–Trinajstić information content (AvgIpc) is 2.28. The molecule has 0 bridgehead atoms. The number of nitrogen functional groups attached to an aromatic ring is 1. The summed E-state index contributed by atoms with van der Waals surface area (Å²) >= 11 is 0. The van der Waals surface area contributed by atoms with Gasteiger partial charge in [0.05, 0.1) is 11.8 Å². The summed E-state index contributed by atoms with van der Waals surface area (Å²) in [7, 11) is 1.02. The number of hydrogen-bond donors (Lipinski definition) is 1. The van der Waals surface area contributed by atoms with Crippen molar-refractivity contribution in [3.63, 3.8) is 0 Å². The second-order valence-electron chi connectivity index (χ2n) is 4.24. The minimum absolute atomic E-state index is 0.0186. The molecule has 98 valence electrons. The zero-order chi connectivity index (χ0) is 13.1. The Bertz CT molecular complexity index is 278. The van der Waals surface area contributed by atoms with Crippen LogP contribution in [-0.4, -0.2) is 35.3 Å². The molecule has 1 unspecified atom stereocenters. The lowest BCUT2D eigenvalue weighted by Crippen LogP contribution is -2.34. The molecule has 0 fully saturated rings. The highest BCUT2D eigenvalue weighted by atomic mass is 28.1. The van der Waals surface area contributed by atoms with E-state index in [1.54, 1.807) is 0 Å². The Morgan fingerprint density at radius 3 is 2.12 bits per heavy atom. The van der Waals surface area contributed by atoms with Gasteiger partial charge in [0, 0.05) is 29.1 Å². The molecule has 0 aliphatic heterocycles. The number of nitrogens with two attached hydrogens (primary N) is 1. The Morgan fingerprint density at radius 2 is 1.76 bits per heavy atom. The van der Waals surface area contributed by atoms with Crippen LogP contribution in [0.15, 0.2) is 30.3 Å². The highest BCUT2D eigenvalue weighted by molar-refractivity contribution is 6.14. The van der Waals surface area contributed by atoms with E-state index < -0.39 is 0 Å². The molecule has 1 atom stereocenters. The molecule has 0 radical (unpaired) electrons. The van der Waals surface area contributed by atoms with Gasteiger partial charge in [-0.05, 0) is 32.9 Å². The maximum absolute atomic E-state index is 5.47. The van der Waals surface area contributed by atoms with E-state index in [-0.39, 0.29) is 5.22 Å². The molecule has 0 spiro atoms. The second-order valence-corrected chi connectivity index (χ2v) is 6.36. The first-order valence-corrected chi connectivity index (χ1v) is 7.04. The van der Waals surface area contributed by atoms with Crippen molar-refractivity contribution in [1.29, 1.82) is 0 Å². The van der Waals surface area contributed by atoms with Crippen molar-refractivity contribution in [1.82, 2.24) is 0 Å². The van der Waals surface area contributed by atoms with Gasteiger partial charge in [0.25, 0.3) is 0 Å². The lowest BCUT2D eigenvalue weighted by molar-refractivity contribution is -0.0265. The van der Waals surface area contributed by atoms with Gasteiger partial charge in [-0.25, -0.2) is 0 Å². The van der Waals surface area contributed by atoms with Gasteiger partial charge in [0.2, 0.25) is 0 Å². The predicted octanol–water partition coefficient (Wildman–Crippen LogP) is 1.41. The van der Waals surface area contributed by atoms with Crippen LogP contribution in [0, 0.1) is 0 Å². The molecule has 0 saturated carbocycles. The number of rotatable bonds is 5. The molecule has 0 aliphatic rings. The smallest absolute Gasteiger partial charge is 0.0713 e. The van der Waals surface area contributed by atoms with Crippen LogP contribution in [-0.2, 0) is 9.47 Å². The summed E-state index contributed by atoms with van der Waals surface area (Å²) in [6.45, 7) is 8.42. The fraction of sp³-hybridized carbons (Fsp3) is 0.538. The number of benzene rings is 1. The van der Waals surface area contributed by atoms with E-state index in [1.807, 2.05) is 44.2 Å². The first-order valence-electron chi connectivity index (χ1n) is 6.04. The molecule has 1 rings (SSSR count). The zero-order valence-corrected chi connectivity index (χ0v) is 13.4. The minimum atomic E-state index is 0.0186. The Balaban J connectivity index is 0.000000318. The first-order chi connectivity index (χ1) is 8.02. The van der Waals surface area contributed by atoms with Crippen molar-refractivity contribution in [3.8, 4) is 0 Å². The second kappa shape index (κ2) is 9.21. The molecular formula is C13H25NO2Si. The Labute approximate surface area is 108 Å². The zero-order valence-electron chi connectivity index (χ0n) is 11.4. The molecule has 4 heteroatoms. The van der Waals surface area contributed by atoms with E-state index in [0.717, 1.165) is 35.8 Å². The highest BCUT2D eigenvalue weighted by Crippen LogP contribution is 2.04. The molecule has 0 amide bonds. The van der Waals surface area contributed by atoms with E-state index >= 15 is 0 Å². The maximum Gasteiger partial charge on any atom is 0.0713 e. The standard InChI is InChI=1S/C7H18O2Si.C6H7N/c1-4-8-6-7(3,10)9-5-2;7-6-4-2-1-3-5-6/h4-6H2,1-3,10H3;1-5H,7H2. The molecule has 2 N–H and O–H groups in total. The van der Waals surface area contributed by atoms with Gasteiger partial charge in [0.15, 0.2) is 0 Å². The summed E-state index contributed by atoms with van der Waals surface area (Å²) in [4.78, 5) is 0. The van der Waals surface area contributed by atoms with Crippen molar-refractivity contribution >= 4 is 15.9 Å². The Hall–Kier alpha value is -0.843. The quantitative estimate of drug-likeness (QED) is 0.639. The maximum atomic E-state index is 5.47. The van der Waals surface area contributed by atoms with Crippen molar-refractivity contribution in [2.24, 2.45) is 0 Å². The number of anilines is 1. The minimum Gasteiger partial charge on any atom is -0.399 e.